The van der Waals surface area contributed by atoms with E-state index in [0.29, 0.717) is 17.3 Å². The first-order valence-electron chi connectivity index (χ1n) is 8.53. The van der Waals surface area contributed by atoms with Crippen LogP contribution in [0.2, 0.25) is 5.15 Å². The Morgan fingerprint density at radius 3 is 2.46 bits per heavy atom. The van der Waals surface area contributed by atoms with Gasteiger partial charge in [0.15, 0.2) is 5.69 Å². The van der Waals surface area contributed by atoms with Gasteiger partial charge in [-0.25, -0.2) is 9.97 Å². The molecule has 4 aromatic rings. The molecule has 0 saturated carbocycles. The Morgan fingerprint density at radius 2 is 1.82 bits per heavy atom. The van der Waals surface area contributed by atoms with Gasteiger partial charge in [-0.15, -0.1) is 0 Å². The molecule has 8 heteroatoms. The predicted molar refractivity (Wildman–Crippen MR) is 102 cm³/mol. The van der Waals surface area contributed by atoms with E-state index in [4.69, 9.17) is 11.6 Å². The summed E-state index contributed by atoms with van der Waals surface area (Å²) in [5.41, 5.74) is 2.81. The normalized spacial score (nSPS) is 12.1. The lowest BCUT2D eigenvalue weighted by atomic mass is 10.1. The minimum atomic E-state index is -4.46. The summed E-state index contributed by atoms with van der Waals surface area (Å²) < 4.78 is 42.1. The monoisotopic (exact) mass is 404 g/mol. The number of fused-ring (bicyclic) bond motifs is 1. The summed E-state index contributed by atoms with van der Waals surface area (Å²) >= 11 is 6.03. The maximum Gasteiger partial charge on any atom is 0.434 e. The Labute approximate surface area is 164 Å². The van der Waals surface area contributed by atoms with E-state index in [1.54, 1.807) is 25.4 Å². The lowest BCUT2D eigenvalue weighted by Crippen LogP contribution is -2.04. The van der Waals surface area contributed by atoms with Crippen molar-refractivity contribution in [1.29, 1.82) is 0 Å². The first-order valence-corrected chi connectivity index (χ1v) is 8.91. The molecular weight excluding hydrogens is 389 g/mol. The van der Waals surface area contributed by atoms with Crippen LogP contribution < -0.4 is 0 Å². The number of aromatic nitrogens is 4. The third kappa shape index (κ3) is 3.38. The molecule has 0 atom stereocenters. The lowest BCUT2D eigenvalue weighted by Gasteiger charge is -2.10. The summed E-state index contributed by atoms with van der Waals surface area (Å²) in [6, 6.07) is 11.2. The van der Waals surface area contributed by atoms with E-state index >= 15 is 0 Å². The van der Waals surface area contributed by atoms with Gasteiger partial charge in [-0.1, -0.05) is 35.9 Å². The van der Waals surface area contributed by atoms with Crippen LogP contribution in [0.5, 0.6) is 0 Å². The number of rotatable bonds is 3. The number of nitrogens with zero attached hydrogens (tertiary/aromatic N) is 4. The Bertz CT molecular complexity index is 1160. The van der Waals surface area contributed by atoms with Crippen molar-refractivity contribution in [3.05, 3.63) is 70.9 Å². The third-order valence-electron chi connectivity index (χ3n) is 4.68. The van der Waals surface area contributed by atoms with Crippen LogP contribution >= 0.6 is 11.6 Å². The van der Waals surface area contributed by atoms with Gasteiger partial charge in [0.2, 0.25) is 0 Å². The second kappa shape index (κ2) is 6.67. The van der Waals surface area contributed by atoms with Crippen LogP contribution in [0.25, 0.3) is 22.3 Å². The molecule has 0 aliphatic heterocycles. The number of pyridine rings is 1. The highest BCUT2D eigenvalue weighted by atomic mass is 35.5. The van der Waals surface area contributed by atoms with Crippen LogP contribution in [0, 0.1) is 6.92 Å². The van der Waals surface area contributed by atoms with Gasteiger partial charge in [0, 0.05) is 42.6 Å². The summed E-state index contributed by atoms with van der Waals surface area (Å²) in [5.74, 6) is 0.277. The van der Waals surface area contributed by atoms with Crippen LogP contribution in [0.1, 0.15) is 17.0 Å². The van der Waals surface area contributed by atoms with Crippen LogP contribution in [-0.2, 0) is 19.8 Å². The van der Waals surface area contributed by atoms with Crippen molar-refractivity contribution < 1.29 is 13.2 Å². The number of aryl methyl sites for hydroxylation is 2. The SMILES string of the molecule is Cc1cc2cnc(Cl)cc2n1Cc1ccc(-c2nc(C(F)(F)F)cn2C)cc1. The molecule has 3 aromatic heterocycles. The smallest absolute Gasteiger partial charge is 0.340 e. The predicted octanol–water partition coefficient (Wildman–Crippen LogP) is 5.47. The molecule has 0 fully saturated rings. The van der Waals surface area contributed by atoms with Gasteiger partial charge in [-0.3, -0.25) is 0 Å². The highest BCUT2D eigenvalue weighted by Crippen LogP contribution is 2.31. The second-order valence-corrected chi connectivity index (χ2v) is 7.08. The van der Waals surface area contributed by atoms with E-state index in [9.17, 15) is 13.2 Å². The van der Waals surface area contributed by atoms with Crippen molar-refractivity contribution in [3.8, 4) is 11.4 Å². The molecule has 4 rings (SSSR count). The topological polar surface area (TPSA) is 35.6 Å². The molecule has 0 aliphatic carbocycles. The van der Waals surface area contributed by atoms with Crippen molar-refractivity contribution in [2.45, 2.75) is 19.6 Å². The zero-order valence-electron chi connectivity index (χ0n) is 15.1. The fraction of sp³-hybridized carbons (Fsp3) is 0.200. The van der Waals surface area contributed by atoms with E-state index in [-0.39, 0.29) is 5.82 Å². The molecule has 0 bridgehead atoms. The molecule has 144 valence electrons. The maximum atomic E-state index is 12.9. The Kier molecular flexibility index (Phi) is 4.42. The van der Waals surface area contributed by atoms with Gasteiger partial charge in [0.25, 0.3) is 0 Å². The quantitative estimate of drug-likeness (QED) is 0.425. The van der Waals surface area contributed by atoms with Crippen LogP contribution in [0.4, 0.5) is 13.2 Å². The summed E-state index contributed by atoms with van der Waals surface area (Å²) in [6.07, 6.45) is -1.72. The highest BCUT2D eigenvalue weighted by molar-refractivity contribution is 6.30. The van der Waals surface area contributed by atoms with E-state index in [0.717, 1.165) is 28.4 Å². The molecule has 0 saturated heterocycles. The number of benzene rings is 1. The number of alkyl halides is 3. The van der Waals surface area contributed by atoms with E-state index in [2.05, 4.69) is 14.5 Å². The van der Waals surface area contributed by atoms with Crippen molar-refractivity contribution in [3.63, 3.8) is 0 Å². The van der Waals surface area contributed by atoms with E-state index < -0.39 is 11.9 Å². The number of imidazole rings is 1. The summed E-state index contributed by atoms with van der Waals surface area (Å²) in [4.78, 5) is 7.84. The van der Waals surface area contributed by atoms with Crippen molar-refractivity contribution >= 4 is 22.5 Å². The maximum absolute atomic E-state index is 12.9. The molecule has 0 amide bonds. The minimum absolute atomic E-state index is 0.277. The number of hydrogen-bond donors (Lipinski definition) is 0. The average molecular weight is 405 g/mol. The Morgan fingerprint density at radius 1 is 1.11 bits per heavy atom. The summed E-state index contributed by atoms with van der Waals surface area (Å²) in [5, 5.41) is 1.43. The fourth-order valence-corrected chi connectivity index (χ4v) is 3.44. The van der Waals surface area contributed by atoms with Crippen molar-refractivity contribution in [2.75, 3.05) is 0 Å². The van der Waals surface area contributed by atoms with E-state index in [1.807, 2.05) is 31.2 Å². The third-order valence-corrected chi connectivity index (χ3v) is 4.89. The molecular formula is C20H16ClF3N4. The second-order valence-electron chi connectivity index (χ2n) is 6.69. The molecule has 0 unspecified atom stereocenters. The Balaban J connectivity index is 1.64. The molecule has 0 aliphatic rings. The van der Waals surface area contributed by atoms with Crippen molar-refractivity contribution in [2.24, 2.45) is 7.05 Å². The molecule has 0 spiro atoms. The highest BCUT2D eigenvalue weighted by Gasteiger charge is 2.34. The fourth-order valence-electron chi connectivity index (χ4n) is 3.29. The minimum Gasteiger partial charge on any atom is -0.340 e. The number of hydrogen-bond acceptors (Lipinski definition) is 2. The first-order chi connectivity index (χ1) is 13.2. The first kappa shape index (κ1) is 18.6. The van der Waals surface area contributed by atoms with Gasteiger partial charge >= 0.3 is 6.18 Å². The van der Waals surface area contributed by atoms with Gasteiger partial charge < -0.3 is 9.13 Å². The van der Waals surface area contributed by atoms with Gasteiger partial charge in [0.05, 0.1) is 5.52 Å². The average Bonchev–Trinajstić information content (AvgIpc) is 3.16. The zero-order valence-corrected chi connectivity index (χ0v) is 15.9. The molecule has 1 aromatic carbocycles. The van der Waals surface area contributed by atoms with Gasteiger partial charge in [0.1, 0.15) is 11.0 Å². The molecule has 4 nitrogen and oxygen atoms in total. The molecule has 28 heavy (non-hydrogen) atoms. The summed E-state index contributed by atoms with van der Waals surface area (Å²) in [6.45, 7) is 2.62. The van der Waals surface area contributed by atoms with Crippen molar-refractivity contribution in [1.82, 2.24) is 19.1 Å². The number of halogens is 4. The summed E-state index contributed by atoms with van der Waals surface area (Å²) in [7, 11) is 1.55. The van der Waals surface area contributed by atoms with Crippen LogP contribution in [0.3, 0.4) is 0 Å². The molecule has 0 radical (unpaired) electrons. The lowest BCUT2D eigenvalue weighted by molar-refractivity contribution is -0.140. The molecule has 3 heterocycles. The van der Waals surface area contributed by atoms with Crippen LogP contribution in [-0.4, -0.2) is 19.1 Å². The Hall–Kier alpha value is -2.80. The van der Waals surface area contributed by atoms with Crippen LogP contribution in [0.15, 0.2) is 48.8 Å². The van der Waals surface area contributed by atoms with E-state index in [1.165, 1.54) is 4.57 Å². The van der Waals surface area contributed by atoms with Gasteiger partial charge in [-0.05, 0) is 24.6 Å². The zero-order chi connectivity index (χ0) is 20.1. The standard InChI is InChI=1S/C20H16ClF3N4/c1-12-7-15-9-25-18(21)8-16(15)28(12)10-13-3-5-14(6-4-13)19-26-17(11-27(19)2)20(22,23)24/h3-9,11H,10H2,1-2H3. The van der Waals surface area contributed by atoms with Gasteiger partial charge in [-0.2, -0.15) is 13.2 Å². The molecule has 0 N–H and O–H groups in total. The largest absolute Gasteiger partial charge is 0.434 e.